The van der Waals surface area contributed by atoms with Crippen molar-refractivity contribution in [2.45, 2.75) is 6.04 Å². The number of phenolic OH excluding ortho intramolecular Hbond substituents is 1. The van der Waals surface area contributed by atoms with Crippen molar-refractivity contribution in [2.75, 3.05) is 11.1 Å². The predicted octanol–water partition coefficient (Wildman–Crippen LogP) is 0.403. The van der Waals surface area contributed by atoms with E-state index in [-0.39, 0.29) is 17.5 Å². The number of hydrogen-bond donors (Lipinski definition) is 4. The maximum absolute atomic E-state index is 11.5. The molecule has 0 fully saturated rings. The van der Waals surface area contributed by atoms with Crippen LogP contribution < -0.4 is 16.8 Å². The lowest BCUT2D eigenvalue weighted by atomic mass is 10.1. The zero-order chi connectivity index (χ0) is 13.8. The molecule has 0 aliphatic heterocycles. The van der Waals surface area contributed by atoms with Crippen LogP contribution in [-0.4, -0.2) is 21.0 Å². The Morgan fingerprint density at radius 1 is 1.37 bits per heavy atom. The number of nitrogen functional groups attached to an aromatic ring is 1. The molecular formula is C12H13N5O2. The van der Waals surface area contributed by atoms with Gasteiger partial charge in [-0.2, -0.15) is 4.98 Å². The summed E-state index contributed by atoms with van der Waals surface area (Å²) in [6.07, 6.45) is 1.46. The predicted molar refractivity (Wildman–Crippen MR) is 70.1 cm³/mol. The van der Waals surface area contributed by atoms with Crippen LogP contribution >= 0.6 is 0 Å². The van der Waals surface area contributed by atoms with E-state index in [0.29, 0.717) is 5.56 Å². The molecule has 6 N–H and O–H groups in total. The lowest BCUT2D eigenvalue weighted by molar-refractivity contribution is -0.118. The summed E-state index contributed by atoms with van der Waals surface area (Å²) in [5.74, 6) is -0.112. The van der Waals surface area contributed by atoms with Crippen LogP contribution in [0.2, 0.25) is 0 Å². The molecule has 2 aromatic rings. The number of aromatic nitrogens is 2. The Bertz CT molecular complexity index is 602. The van der Waals surface area contributed by atoms with Gasteiger partial charge in [-0.3, -0.25) is 4.79 Å². The molecule has 1 atom stereocenters. The maximum Gasteiger partial charge on any atom is 0.244 e. The first-order valence-electron chi connectivity index (χ1n) is 5.49. The highest BCUT2D eigenvalue weighted by Crippen LogP contribution is 2.21. The Kier molecular flexibility index (Phi) is 3.46. The number of anilines is 2. The Labute approximate surface area is 109 Å². The van der Waals surface area contributed by atoms with Gasteiger partial charge in [0, 0.05) is 6.20 Å². The second-order valence-electron chi connectivity index (χ2n) is 3.88. The summed E-state index contributed by atoms with van der Waals surface area (Å²) < 4.78 is 0. The molecule has 19 heavy (non-hydrogen) atoms. The van der Waals surface area contributed by atoms with E-state index in [1.807, 2.05) is 0 Å². The van der Waals surface area contributed by atoms with Crippen molar-refractivity contribution in [2.24, 2.45) is 5.73 Å². The molecule has 98 valence electrons. The SMILES string of the molecule is NC(=O)C(Nc1nccc(N)n1)c1cccc(O)c1. The third-order valence-electron chi connectivity index (χ3n) is 2.44. The molecule has 1 heterocycles. The number of benzene rings is 1. The van der Waals surface area contributed by atoms with Crippen LogP contribution in [0.15, 0.2) is 36.5 Å². The lowest BCUT2D eigenvalue weighted by Gasteiger charge is -2.15. The molecular weight excluding hydrogens is 246 g/mol. The molecule has 0 saturated carbocycles. The van der Waals surface area contributed by atoms with Crippen molar-refractivity contribution < 1.29 is 9.90 Å². The van der Waals surface area contributed by atoms with E-state index in [0.717, 1.165) is 0 Å². The summed E-state index contributed by atoms with van der Waals surface area (Å²) in [5.41, 5.74) is 11.4. The fourth-order valence-electron chi connectivity index (χ4n) is 1.59. The number of hydrogen-bond acceptors (Lipinski definition) is 6. The van der Waals surface area contributed by atoms with Gasteiger partial charge in [-0.25, -0.2) is 4.98 Å². The minimum absolute atomic E-state index is 0.0408. The summed E-state index contributed by atoms with van der Waals surface area (Å²) in [4.78, 5) is 19.4. The molecule has 0 radical (unpaired) electrons. The first-order valence-corrected chi connectivity index (χ1v) is 5.49. The first kappa shape index (κ1) is 12.6. The van der Waals surface area contributed by atoms with Gasteiger partial charge >= 0.3 is 0 Å². The Hall–Kier alpha value is -2.83. The van der Waals surface area contributed by atoms with Crippen LogP contribution in [0.4, 0.5) is 11.8 Å². The number of carbonyl (C=O) groups is 1. The van der Waals surface area contributed by atoms with Gasteiger partial charge in [-0.1, -0.05) is 12.1 Å². The molecule has 7 heteroatoms. The number of rotatable bonds is 4. The van der Waals surface area contributed by atoms with Gasteiger partial charge in [0.05, 0.1) is 0 Å². The van der Waals surface area contributed by atoms with E-state index in [9.17, 15) is 9.90 Å². The van der Waals surface area contributed by atoms with Crippen molar-refractivity contribution in [3.05, 3.63) is 42.1 Å². The number of primary amides is 1. The van der Waals surface area contributed by atoms with Gasteiger partial charge in [0.2, 0.25) is 11.9 Å². The molecule has 0 aliphatic rings. The third-order valence-corrected chi connectivity index (χ3v) is 2.44. The van der Waals surface area contributed by atoms with Gasteiger partial charge in [0.25, 0.3) is 0 Å². The number of amides is 1. The highest BCUT2D eigenvalue weighted by molar-refractivity contribution is 5.84. The standard InChI is InChI=1S/C12H13N5O2/c13-9-4-5-15-12(16-9)17-10(11(14)19)7-2-1-3-8(18)6-7/h1-6,10,18H,(H2,14,19)(H3,13,15,16,17). The van der Waals surface area contributed by atoms with E-state index < -0.39 is 11.9 Å². The molecule has 1 aromatic heterocycles. The summed E-state index contributed by atoms with van der Waals surface area (Å²) in [6.45, 7) is 0. The largest absolute Gasteiger partial charge is 0.508 e. The average Bonchev–Trinajstić information content (AvgIpc) is 2.35. The quantitative estimate of drug-likeness (QED) is 0.629. The zero-order valence-electron chi connectivity index (χ0n) is 9.95. The van der Waals surface area contributed by atoms with E-state index in [4.69, 9.17) is 11.5 Å². The smallest absolute Gasteiger partial charge is 0.244 e. The van der Waals surface area contributed by atoms with Crippen LogP contribution in [0.5, 0.6) is 5.75 Å². The fraction of sp³-hybridized carbons (Fsp3) is 0.0833. The van der Waals surface area contributed by atoms with Gasteiger partial charge < -0.3 is 21.9 Å². The first-order chi connectivity index (χ1) is 9.06. The highest BCUT2D eigenvalue weighted by Gasteiger charge is 2.19. The molecule has 0 aliphatic carbocycles. The van der Waals surface area contributed by atoms with Crippen LogP contribution in [-0.2, 0) is 4.79 Å². The highest BCUT2D eigenvalue weighted by atomic mass is 16.3. The number of aromatic hydroxyl groups is 1. The zero-order valence-corrected chi connectivity index (χ0v) is 9.95. The van der Waals surface area contributed by atoms with Crippen LogP contribution in [0.1, 0.15) is 11.6 Å². The summed E-state index contributed by atoms with van der Waals surface area (Å²) >= 11 is 0. The van der Waals surface area contributed by atoms with Gasteiger partial charge in [0.1, 0.15) is 17.6 Å². The average molecular weight is 259 g/mol. The lowest BCUT2D eigenvalue weighted by Crippen LogP contribution is -2.28. The normalized spacial score (nSPS) is 11.8. The summed E-state index contributed by atoms with van der Waals surface area (Å²) in [5, 5.41) is 12.2. The van der Waals surface area contributed by atoms with Gasteiger partial charge in [-0.15, -0.1) is 0 Å². The molecule has 0 saturated heterocycles. The molecule has 2 rings (SSSR count). The van der Waals surface area contributed by atoms with Crippen LogP contribution in [0, 0.1) is 0 Å². The molecule has 7 nitrogen and oxygen atoms in total. The summed E-state index contributed by atoms with van der Waals surface area (Å²) in [6, 6.07) is 6.89. The monoisotopic (exact) mass is 259 g/mol. The van der Waals surface area contributed by atoms with Gasteiger partial charge in [0.15, 0.2) is 0 Å². The summed E-state index contributed by atoms with van der Waals surface area (Å²) in [7, 11) is 0. The molecule has 0 spiro atoms. The number of nitrogens with one attached hydrogen (secondary N) is 1. The Balaban J connectivity index is 2.29. The fourth-order valence-corrected chi connectivity index (χ4v) is 1.59. The second-order valence-corrected chi connectivity index (χ2v) is 3.88. The Morgan fingerprint density at radius 3 is 2.79 bits per heavy atom. The van der Waals surface area contributed by atoms with Crippen molar-refractivity contribution in [1.29, 1.82) is 0 Å². The molecule has 1 aromatic carbocycles. The molecule has 0 bridgehead atoms. The second kappa shape index (κ2) is 5.21. The van der Waals surface area contributed by atoms with Crippen molar-refractivity contribution in [3.8, 4) is 5.75 Å². The number of nitrogens with two attached hydrogens (primary N) is 2. The minimum atomic E-state index is -0.853. The topological polar surface area (TPSA) is 127 Å². The minimum Gasteiger partial charge on any atom is -0.508 e. The number of phenols is 1. The van der Waals surface area contributed by atoms with Crippen molar-refractivity contribution in [1.82, 2.24) is 9.97 Å². The van der Waals surface area contributed by atoms with E-state index in [1.54, 1.807) is 12.1 Å². The number of nitrogens with zero attached hydrogens (tertiary/aromatic N) is 2. The van der Waals surface area contributed by atoms with Crippen molar-refractivity contribution in [3.63, 3.8) is 0 Å². The van der Waals surface area contributed by atoms with Crippen molar-refractivity contribution >= 4 is 17.7 Å². The van der Waals surface area contributed by atoms with Crippen LogP contribution in [0.25, 0.3) is 0 Å². The molecule has 1 amide bonds. The Morgan fingerprint density at radius 2 is 2.16 bits per heavy atom. The molecule has 1 unspecified atom stereocenters. The number of carbonyl (C=O) groups excluding carboxylic acids is 1. The third kappa shape index (κ3) is 3.09. The van der Waals surface area contributed by atoms with E-state index in [1.165, 1.54) is 24.4 Å². The van der Waals surface area contributed by atoms with E-state index in [2.05, 4.69) is 15.3 Å². The van der Waals surface area contributed by atoms with Gasteiger partial charge in [-0.05, 0) is 23.8 Å². The van der Waals surface area contributed by atoms with E-state index >= 15 is 0 Å². The van der Waals surface area contributed by atoms with Crippen LogP contribution in [0.3, 0.4) is 0 Å². The maximum atomic E-state index is 11.5.